The SMILES string of the molecule is COc1ccc(OC)c(OC)c1/C=C/C(N)=O. The van der Waals surface area contributed by atoms with E-state index in [1.54, 1.807) is 12.1 Å². The number of hydrogen-bond donors (Lipinski definition) is 1. The number of benzene rings is 1. The van der Waals surface area contributed by atoms with Crippen LogP contribution in [0.1, 0.15) is 5.56 Å². The van der Waals surface area contributed by atoms with Crippen LogP contribution in [0.2, 0.25) is 0 Å². The van der Waals surface area contributed by atoms with E-state index in [1.165, 1.54) is 33.5 Å². The van der Waals surface area contributed by atoms with Crippen molar-refractivity contribution < 1.29 is 19.0 Å². The second-order valence-electron chi connectivity index (χ2n) is 3.15. The average molecular weight is 237 g/mol. The first-order chi connectivity index (χ1) is 8.13. The second kappa shape index (κ2) is 5.79. The first-order valence-electron chi connectivity index (χ1n) is 4.90. The summed E-state index contributed by atoms with van der Waals surface area (Å²) in [4.78, 5) is 10.7. The minimum atomic E-state index is -0.545. The third-order valence-electron chi connectivity index (χ3n) is 2.18. The van der Waals surface area contributed by atoms with E-state index in [9.17, 15) is 4.79 Å². The van der Waals surface area contributed by atoms with Crippen LogP contribution in [0.25, 0.3) is 6.08 Å². The molecule has 1 aromatic carbocycles. The highest BCUT2D eigenvalue weighted by Gasteiger charge is 2.13. The molecule has 17 heavy (non-hydrogen) atoms. The largest absolute Gasteiger partial charge is 0.496 e. The Labute approximate surface area is 99.8 Å². The number of amides is 1. The van der Waals surface area contributed by atoms with Crippen LogP contribution in [0, 0.1) is 0 Å². The van der Waals surface area contributed by atoms with E-state index in [0.29, 0.717) is 22.8 Å². The predicted molar refractivity (Wildman–Crippen MR) is 64.3 cm³/mol. The Kier molecular flexibility index (Phi) is 4.39. The van der Waals surface area contributed by atoms with Crippen molar-refractivity contribution in [1.29, 1.82) is 0 Å². The zero-order valence-electron chi connectivity index (χ0n) is 10.0. The lowest BCUT2D eigenvalue weighted by molar-refractivity contribution is -0.113. The zero-order chi connectivity index (χ0) is 12.8. The zero-order valence-corrected chi connectivity index (χ0v) is 10.0. The standard InChI is InChI=1S/C12H15NO4/c1-15-9-5-6-10(16-2)12(17-3)8(9)4-7-11(13)14/h4-7H,1-3H3,(H2,13,14)/b7-4+. The molecule has 1 amide bonds. The van der Waals surface area contributed by atoms with Gasteiger partial charge in [0.25, 0.3) is 0 Å². The summed E-state index contributed by atoms with van der Waals surface area (Å²) in [6.45, 7) is 0. The van der Waals surface area contributed by atoms with Gasteiger partial charge < -0.3 is 19.9 Å². The van der Waals surface area contributed by atoms with Crippen molar-refractivity contribution in [2.24, 2.45) is 5.73 Å². The van der Waals surface area contributed by atoms with Crippen molar-refractivity contribution in [2.75, 3.05) is 21.3 Å². The minimum absolute atomic E-state index is 0.490. The molecule has 0 unspecified atom stereocenters. The van der Waals surface area contributed by atoms with Gasteiger partial charge in [0.2, 0.25) is 5.91 Å². The molecule has 0 radical (unpaired) electrons. The number of carbonyl (C=O) groups excluding carboxylic acids is 1. The lowest BCUT2D eigenvalue weighted by Gasteiger charge is -2.13. The van der Waals surface area contributed by atoms with Crippen LogP contribution in [0.3, 0.4) is 0 Å². The van der Waals surface area contributed by atoms with Gasteiger partial charge in [0.15, 0.2) is 11.5 Å². The number of ether oxygens (including phenoxy) is 3. The summed E-state index contributed by atoms with van der Waals surface area (Å²) in [5, 5.41) is 0. The van der Waals surface area contributed by atoms with E-state index in [1.807, 2.05) is 0 Å². The predicted octanol–water partition coefficient (Wildman–Crippen LogP) is 1.21. The Hall–Kier alpha value is -2.17. The van der Waals surface area contributed by atoms with Crippen molar-refractivity contribution in [2.45, 2.75) is 0 Å². The van der Waals surface area contributed by atoms with Crippen LogP contribution < -0.4 is 19.9 Å². The van der Waals surface area contributed by atoms with Gasteiger partial charge in [-0.2, -0.15) is 0 Å². The maximum absolute atomic E-state index is 10.7. The molecule has 5 nitrogen and oxygen atoms in total. The third-order valence-corrected chi connectivity index (χ3v) is 2.18. The number of nitrogens with two attached hydrogens (primary N) is 1. The molecule has 0 aliphatic heterocycles. The highest BCUT2D eigenvalue weighted by Crippen LogP contribution is 2.38. The molecule has 0 atom stereocenters. The summed E-state index contributed by atoms with van der Waals surface area (Å²) >= 11 is 0. The molecule has 0 aliphatic rings. The number of hydrogen-bond acceptors (Lipinski definition) is 4. The average Bonchev–Trinajstić information content (AvgIpc) is 2.34. The third kappa shape index (κ3) is 2.90. The molecule has 0 aliphatic carbocycles. The molecule has 0 saturated carbocycles. The normalized spacial score (nSPS) is 10.3. The summed E-state index contributed by atoms with van der Waals surface area (Å²) in [7, 11) is 4.58. The molecule has 0 saturated heterocycles. The summed E-state index contributed by atoms with van der Waals surface area (Å²) in [5.41, 5.74) is 5.66. The van der Waals surface area contributed by atoms with Crippen molar-refractivity contribution in [3.63, 3.8) is 0 Å². The van der Waals surface area contributed by atoms with Crippen LogP contribution in [-0.2, 0) is 4.79 Å². The molecular weight excluding hydrogens is 222 g/mol. The first-order valence-corrected chi connectivity index (χ1v) is 4.90. The molecule has 0 fully saturated rings. The van der Waals surface area contributed by atoms with Gasteiger partial charge in [0, 0.05) is 6.08 Å². The summed E-state index contributed by atoms with van der Waals surface area (Å²) in [5.74, 6) is 1.07. The number of primary amides is 1. The Morgan fingerprint density at radius 3 is 2.18 bits per heavy atom. The van der Waals surface area contributed by atoms with Crippen molar-refractivity contribution in [3.8, 4) is 17.2 Å². The van der Waals surface area contributed by atoms with Gasteiger partial charge in [-0.25, -0.2) is 0 Å². The van der Waals surface area contributed by atoms with Crippen molar-refractivity contribution >= 4 is 12.0 Å². The fraction of sp³-hybridized carbons (Fsp3) is 0.250. The van der Waals surface area contributed by atoms with Crippen molar-refractivity contribution in [1.82, 2.24) is 0 Å². The van der Waals surface area contributed by atoms with E-state index < -0.39 is 5.91 Å². The topological polar surface area (TPSA) is 70.8 Å². The van der Waals surface area contributed by atoms with E-state index >= 15 is 0 Å². The summed E-state index contributed by atoms with van der Waals surface area (Å²) in [6.07, 6.45) is 2.77. The van der Waals surface area contributed by atoms with E-state index in [0.717, 1.165) is 0 Å². The molecule has 0 aromatic heterocycles. The fourth-order valence-corrected chi connectivity index (χ4v) is 1.43. The molecule has 2 N–H and O–H groups in total. The van der Waals surface area contributed by atoms with Crippen molar-refractivity contribution in [3.05, 3.63) is 23.8 Å². The fourth-order valence-electron chi connectivity index (χ4n) is 1.43. The van der Waals surface area contributed by atoms with Gasteiger partial charge in [-0.1, -0.05) is 0 Å². The highest BCUT2D eigenvalue weighted by molar-refractivity contribution is 5.91. The minimum Gasteiger partial charge on any atom is -0.496 e. The Bertz CT molecular complexity index is 440. The summed E-state index contributed by atoms with van der Waals surface area (Å²) in [6, 6.07) is 3.45. The molecule has 1 aromatic rings. The first kappa shape index (κ1) is 12.9. The van der Waals surface area contributed by atoms with E-state index in [2.05, 4.69) is 0 Å². The molecule has 0 spiro atoms. The van der Waals surface area contributed by atoms with Gasteiger partial charge >= 0.3 is 0 Å². The molecule has 0 heterocycles. The number of rotatable bonds is 5. The Morgan fingerprint density at radius 2 is 1.71 bits per heavy atom. The maximum atomic E-state index is 10.7. The number of methoxy groups -OCH3 is 3. The monoisotopic (exact) mass is 237 g/mol. The quantitative estimate of drug-likeness (QED) is 0.781. The Balaban J connectivity index is 3.34. The highest BCUT2D eigenvalue weighted by atomic mass is 16.5. The van der Waals surface area contributed by atoms with Crippen LogP contribution in [0.4, 0.5) is 0 Å². The smallest absolute Gasteiger partial charge is 0.241 e. The van der Waals surface area contributed by atoms with Crippen LogP contribution in [0.5, 0.6) is 17.2 Å². The molecular formula is C12H15NO4. The van der Waals surface area contributed by atoms with Crippen LogP contribution in [0.15, 0.2) is 18.2 Å². The van der Waals surface area contributed by atoms with Crippen LogP contribution in [-0.4, -0.2) is 27.2 Å². The van der Waals surface area contributed by atoms with E-state index in [-0.39, 0.29) is 0 Å². The second-order valence-corrected chi connectivity index (χ2v) is 3.15. The van der Waals surface area contributed by atoms with Gasteiger partial charge in [0.1, 0.15) is 5.75 Å². The summed E-state index contributed by atoms with van der Waals surface area (Å²) < 4.78 is 15.6. The lowest BCUT2D eigenvalue weighted by Crippen LogP contribution is -2.05. The van der Waals surface area contributed by atoms with Gasteiger partial charge in [-0.15, -0.1) is 0 Å². The van der Waals surface area contributed by atoms with Gasteiger partial charge in [-0.05, 0) is 18.2 Å². The molecule has 5 heteroatoms. The van der Waals surface area contributed by atoms with Gasteiger partial charge in [0.05, 0.1) is 26.9 Å². The lowest BCUT2D eigenvalue weighted by atomic mass is 10.1. The van der Waals surface area contributed by atoms with Gasteiger partial charge in [-0.3, -0.25) is 4.79 Å². The number of carbonyl (C=O) groups is 1. The molecule has 0 bridgehead atoms. The van der Waals surface area contributed by atoms with Crippen LogP contribution >= 0.6 is 0 Å². The maximum Gasteiger partial charge on any atom is 0.241 e. The van der Waals surface area contributed by atoms with E-state index in [4.69, 9.17) is 19.9 Å². The Morgan fingerprint density at radius 1 is 1.12 bits per heavy atom. The molecule has 92 valence electrons. The molecule has 1 rings (SSSR count).